The summed E-state index contributed by atoms with van der Waals surface area (Å²) in [6, 6.07) is 11.8. The number of carbonyl (C=O) groups excluding carboxylic acids is 1. The van der Waals surface area contributed by atoms with E-state index in [2.05, 4.69) is 27.0 Å². The van der Waals surface area contributed by atoms with Gasteiger partial charge in [0, 0.05) is 32.3 Å². The number of hydrogen-bond acceptors (Lipinski definition) is 6. The van der Waals surface area contributed by atoms with Crippen molar-refractivity contribution in [1.29, 1.82) is 0 Å². The lowest BCUT2D eigenvalue weighted by Gasteiger charge is -2.44. The van der Waals surface area contributed by atoms with E-state index in [1.807, 2.05) is 23.1 Å². The Morgan fingerprint density at radius 2 is 2.04 bits per heavy atom. The normalized spacial score (nSPS) is 23.1. The molecule has 124 valence electrons. The van der Waals surface area contributed by atoms with Crippen LogP contribution in [0.1, 0.15) is 5.56 Å². The molecule has 2 aliphatic rings. The molecule has 7 heteroatoms. The molecule has 2 aliphatic heterocycles. The highest BCUT2D eigenvalue weighted by atomic mass is 16.6. The van der Waals surface area contributed by atoms with E-state index in [0.717, 1.165) is 6.42 Å². The van der Waals surface area contributed by atoms with Crippen molar-refractivity contribution in [2.24, 2.45) is 0 Å². The average molecular weight is 325 g/mol. The molecule has 0 bridgehead atoms. The van der Waals surface area contributed by atoms with Gasteiger partial charge < -0.3 is 15.4 Å². The zero-order valence-corrected chi connectivity index (χ0v) is 13.3. The van der Waals surface area contributed by atoms with Crippen molar-refractivity contribution in [2.75, 3.05) is 36.9 Å². The Morgan fingerprint density at radius 3 is 2.83 bits per heavy atom. The number of aromatic nitrogens is 2. The molecular formula is C17H19N5O2. The number of hydrogen-bond donors (Lipinski definition) is 1. The first-order valence-corrected chi connectivity index (χ1v) is 7.98. The standard InChI is InChI=1S/C17H19N5O2/c18-14-6-7-19-15(20-14)21-8-9-22-16(23)24-12-17(22,11-21)10-13-4-2-1-3-5-13/h1-7H,8-12H2,(H2,18,19,20). The van der Waals surface area contributed by atoms with Crippen LogP contribution in [-0.2, 0) is 11.2 Å². The molecule has 0 saturated carbocycles. The topological polar surface area (TPSA) is 84.6 Å². The molecule has 7 nitrogen and oxygen atoms in total. The van der Waals surface area contributed by atoms with E-state index in [-0.39, 0.29) is 6.09 Å². The molecule has 1 amide bonds. The van der Waals surface area contributed by atoms with Gasteiger partial charge in [-0.3, -0.25) is 4.90 Å². The Balaban J connectivity index is 1.64. The molecule has 3 heterocycles. The van der Waals surface area contributed by atoms with Gasteiger partial charge in [0.2, 0.25) is 5.95 Å². The minimum absolute atomic E-state index is 0.237. The third-order valence-electron chi connectivity index (χ3n) is 4.66. The number of piperazine rings is 1. The minimum atomic E-state index is -0.398. The van der Waals surface area contributed by atoms with E-state index in [9.17, 15) is 4.79 Å². The molecule has 1 aromatic carbocycles. The van der Waals surface area contributed by atoms with Gasteiger partial charge in [-0.2, -0.15) is 4.98 Å². The number of nitrogens with two attached hydrogens (primary N) is 1. The van der Waals surface area contributed by atoms with Crippen LogP contribution < -0.4 is 10.6 Å². The molecule has 1 atom stereocenters. The summed E-state index contributed by atoms with van der Waals surface area (Å²) in [5.74, 6) is 1.04. The molecule has 2 N–H and O–H groups in total. The van der Waals surface area contributed by atoms with Crippen LogP contribution in [0.15, 0.2) is 42.6 Å². The Labute approximate surface area is 140 Å². The smallest absolute Gasteiger partial charge is 0.410 e. The van der Waals surface area contributed by atoms with E-state index >= 15 is 0 Å². The number of ether oxygens (including phenoxy) is 1. The van der Waals surface area contributed by atoms with Gasteiger partial charge in [-0.25, -0.2) is 9.78 Å². The predicted molar refractivity (Wildman–Crippen MR) is 89.6 cm³/mol. The minimum Gasteiger partial charge on any atom is -0.447 e. The lowest BCUT2D eigenvalue weighted by molar-refractivity contribution is 0.139. The Bertz CT molecular complexity index is 754. The summed E-state index contributed by atoms with van der Waals surface area (Å²) in [4.78, 5) is 24.7. The first-order valence-electron chi connectivity index (χ1n) is 7.98. The predicted octanol–water partition coefficient (Wildman–Crippen LogP) is 1.31. The number of benzene rings is 1. The van der Waals surface area contributed by atoms with Crippen molar-refractivity contribution >= 4 is 17.9 Å². The van der Waals surface area contributed by atoms with Crippen LogP contribution in [-0.4, -0.2) is 52.7 Å². The Kier molecular flexibility index (Phi) is 3.48. The summed E-state index contributed by atoms with van der Waals surface area (Å²) in [5, 5.41) is 0. The van der Waals surface area contributed by atoms with E-state index in [4.69, 9.17) is 10.5 Å². The van der Waals surface area contributed by atoms with Gasteiger partial charge >= 0.3 is 6.09 Å². The quantitative estimate of drug-likeness (QED) is 0.916. The van der Waals surface area contributed by atoms with Gasteiger partial charge in [0.25, 0.3) is 0 Å². The van der Waals surface area contributed by atoms with Crippen molar-refractivity contribution < 1.29 is 9.53 Å². The van der Waals surface area contributed by atoms with Crippen molar-refractivity contribution in [3.63, 3.8) is 0 Å². The highest BCUT2D eigenvalue weighted by Gasteiger charge is 2.51. The number of nitrogens with zero attached hydrogens (tertiary/aromatic N) is 4. The highest BCUT2D eigenvalue weighted by molar-refractivity contribution is 5.72. The SMILES string of the molecule is Nc1ccnc(N2CCN3C(=O)OCC3(Cc3ccccc3)C2)n1. The van der Waals surface area contributed by atoms with Crippen LogP contribution in [0.3, 0.4) is 0 Å². The van der Waals surface area contributed by atoms with Gasteiger partial charge in [-0.1, -0.05) is 30.3 Å². The number of rotatable bonds is 3. The summed E-state index contributed by atoms with van der Waals surface area (Å²) in [7, 11) is 0. The second-order valence-electron chi connectivity index (χ2n) is 6.30. The largest absolute Gasteiger partial charge is 0.447 e. The van der Waals surface area contributed by atoms with Gasteiger partial charge in [-0.05, 0) is 11.6 Å². The highest BCUT2D eigenvalue weighted by Crippen LogP contribution is 2.33. The second kappa shape index (κ2) is 5.67. The van der Waals surface area contributed by atoms with Crippen LogP contribution in [0, 0.1) is 0 Å². The van der Waals surface area contributed by atoms with Crippen LogP contribution >= 0.6 is 0 Å². The van der Waals surface area contributed by atoms with Gasteiger partial charge in [0.15, 0.2) is 0 Å². The maximum Gasteiger partial charge on any atom is 0.410 e. The fraction of sp³-hybridized carbons (Fsp3) is 0.353. The van der Waals surface area contributed by atoms with Gasteiger partial charge in [-0.15, -0.1) is 0 Å². The molecule has 1 aromatic heterocycles. The Morgan fingerprint density at radius 1 is 1.21 bits per heavy atom. The lowest BCUT2D eigenvalue weighted by Crippen LogP contribution is -2.62. The molecule has 0 radical (unpaired) electrons. The van der Waals surface area contributed by atoms with E-state index < -0.39 is 5.54 Å². The molecule has 2 fully saturated rings. The van der Waals surface area contributed by atoms with Crippen LogP contribution in [0.2, 0.25) is 0 Å². The van der Waals surface area contributed by atoms with E-state index in [1.165, 1.54) is 5.56 Å². The third-order valence-corrected chi connectivity index (χ3v) is 4.66. The maximum absolute atomic E-state index is 12.1. The number of carbonyl (C=O) groups is 1. The zero-order chi connectivity index (χ0) is 16.6. The van der Waals surface area contributed by atoms with E-state index in [0.29, 0.717) is 38.0 Å². The number of anilines is 2. The van der Waals surface area contributed by atoms with Crippen molar-refractivity contribution in [3.05, 3.63) is 48.2 Å². The Hall–Kier alpha value is -2.83. The molecule has 0 spiro atoms. The number of amides is 1. The molecule has 1 unspecified atom stereocenters. The average Bonchev–Trinajstić information content (AvgIpc) is 2.92. The number of nitrogen functional groups attached to an aromatic ring is 1. The summed E-state index contributed by atoms with van der Waals surface area (Å²) < 4.78 is 5.38. The fourth-order valence-electron chi connectivity index (χ4n) is 3.52. The molecule has 4 rings (SSSR count). The molecule has 2 saturated heterocycles. The number of fused-ring (bicyclic) bond motifs is 1. The van der Waals surface area contributed by atoms with Crippen LogP contribution in [0.5, 0.6) is 0 Å². The van der Waals surface area contributed by atoms with Crippen LogP contribution in [0.4, 0.5) is 16.6 Å². The van der Waals surface area contributed by atoms with Crippen molar-refractivity contribution in [1.82, 2.24) is 14.9 Å². The fourth-order valence-corrected chi connectivity index (χ4v) is 3.52. The summed E-state index contributed by atoms with van der Waals surface area (Å²) >= 11 is 0. The molecule has 2 aromatic rings. The van der Waals surface area contributed by atoms with E-state index in [1.54, 1.807) is 12.3 Å². The summed E-state index contributed by atoms with van der Waals surface area (Å²) in [5.41, 5.74) is 6.56. The molecular weight excluding hydrogens is 306 g/mol. The zero-order valence-electron chi connectivity index (χ0n) is 13.3. The summed E-state index contributed by atoms with van der Waals surface area (Å²) in [6.07, 6.45) is 2.15. The lowest BCUT2D eigenvalue weighted by atomic mass is 9.88. The first-order chi connectivity index (χ1) is 11.7. The van der Waals surface area contributed by atoms with Gasteiger partial charge in [0.05, 0.1) is 0 Å². The second-order valence-corrected chi connectivity index (χ2v) is 6.30. The maximum atomic E-state index is 12.1. The van der Waals surface area contributed by atoms with Crippen molar-refractivity contribution in [3.8, 4) is 0 Å². The third kappa shape index (κ3) is 2.51. The van der Waals surface area contributed by atoms with Gasteiger partial charge in [0.1, 0.15) is 18.0 Å². The number of cyclic esters (lactones) is 1. The van der Waals surface area contributed by atoms with Crippen molar-refractivity contribution in [2.45, 2.75) is 12.0 Å². The summed E-state index contributed by atoms with van der Waals surface area (Å²) in [6.45, 7) is 2.25. The van der Waals surface area contributed by atoms with Crippen LogP contribution in [0.25, 0.3) is 0 Å². The first kappa shape index (κ1) is 14.7. The monoisotopic (exact) mass is 325 g/mol. The molecule has 24 heavy (non-hydrogen) atoms. The molecule has 0 aliphatic carbocycles.